The average molecular weight is 439 g/mol. The highest BCUT2D eigenvalue weighted by atomic mass is 32.1. The van der Waals surface area contributed by atoms with E-state index in [1.54, 1.807) is 42.6 Å². The Kier molecular flexibility index (Phi) is 5.28. The first-order chi connectivity index (χ1) is 14.7. The van der Waals surface area contributed by atoms with E-state index in [-0.39, 0.29) is 23.0 Å². The summed E-state index contributed by atoms with van der Waals surface area (Å²) in [6, 6.07) is 11.3. The monoisotopic (exact) mass is 439 g/mol. The molecule has 1 aromatic heterocycles. The Bertz CT molecular complexity index is 1210. The van der Waals surface area contributed by atoms with Crippen molar-refractivity contribution >= 4 is 39.9 Å². The molecule has 2 amide bonds. The van der Waals surface area contributed by atoms with Gasteiger partial charge in [-0.2, -0.15) is 0 Å². The maximum atomic E-state index is 14.5. The van der Waals surface area contributed by atoms with Crippen molar-refractivity contribution in [1.82, 2.24) is 4.98 Å². The molecule has 2 aromatic carbocycles. The molecule has 4 rings (SSSR count). The molecule has 0 bridgehead atoms. The quantitative estimate of drug-likeness (QED) is 0.599. The summed E-state index contributed by atoms with van der Waals surface area (Å²) in [4.78, 5) is 40.6. The number of nitrogens with one attached hydrogen (secondary N) is 2. The first-order valence-electron chi connectivity index (χ1n) is 9.41. The molecule has 0 saturated heterocycles. The van der Waals surface area contributed by atoms with Crippen molar-refractivity contribution in [2.45, 2.75) is 25.9 Å². The third kappa shape index (κ3) is 4.17. The lowest BCUT2D eigenvalue weighted by atomic mass is 9.89. The standard InChI is InChI=1S/C22H18FN3O4S/c1-12(27)24-14-7-8-16(17(23)9-14)18-11-31-21(25-18)26-20(29)22(2)10-13-5-3-4-6-15(13)19(28)30-22/h3-9,11H,10H2,1-2H3,(H,24,27)(H,25,26,29). The first-order valence-corrected chi connectivity index (χ1v) is 10.3. The summed E-state index contributed by atoms with van der Waals surface area (Å²) in [5, 5.41) is 7.03. The van der Waals surface area contributed by atoms with Crippen LogP contribution in [0.25, 0.3) is 11.3 Å². The van der Waals surface area contributed by atoms with Crippen LogP contribution in [0.3, 0.4) is 0 Å². The van der Waals surface area contributed by atoms with Crippen molar-refractivity contribution in [3.63, 3.8) is 0 Å². The van der Waals surface area contributed by atoms with E-state index in [0.29, 0.717) is 16.9 Å². The lowest BCUT2D eigenvalue weighted by molar-refractivity contribution is -0.134. The lowest BCUT2D eigenvalue weighted by Gasteiger charge is -2.32. The molecule has 0 radical (unpaired) electrons. The van der Waals surface area contributed by atoms with Gasteiger partial charge in [-0.05, 0) is 36.8 Å². The number of ether oxygens (including phenoxy) is 1. The number of esters is 1. The number of carbonyl (C=O) groups is 3. The van der Waals surface area contributed by atoms with E-state index < -0.39 is 23.3 Å². The van der Waals surface area contributed by atoms with Crippen LogP contribution in [-0.4, -0.2) is 28.4 Å². The van der Waals surface area contributed by atoms with E-state index in [1.165, 1.54) is 19.1 Å². The minimum Gasteiger partial charge on any atom is -0.445 e. The Labute approximate surface area is 181 Å². The number of carbonyl (C=O) groups excluding carboxylic acids is 3. The van der Waals surface area contributed by atoms with Gasteiger partial charge in [0.2, 0.25) is 5.91 Å². The van der Waals surface area contributed by atoms with Gasteiger partial charge in [0, 0.05) is 30.0 Å². The number of amides is 2. The molecule has 7 nitrogen and oxygen atoms in total. The first kappa shape index (κ1) is 20.7. The summed E-state index contributed by atoms with van der Waals surface area (Å²) in [5.74, 6) is -1.93. The predicted octanol–water partition coefficient (Wildman–Crippen LogP) is 4.02. The van der Waals surface area contributed by atoms with E-state index in [0.717, 1.165) is 16.9 Å². The third-order valence-corrected chi connectivity index (χ3v) is 5.61. The highest BCUT2D eigenvalue weighted by molar-refractivity contribution is 7.14. The number of rotatable bonds is 4. The molecule has 3 aromatic rings. The zero-order valence-corrected chi connectivity index (χ0v) is 17.5. The molecular formula is C22H18FN3O4S. The molecule has 0 spiro atoms. The summed E-state index contributed by atoms with van der Waals surface area (Å²) in [7, 11) is 0. The number of hydrogen-bond donors (Lipinski definition) is 2. The molecule has 0 fully saturated rings. The zero-order valence-electron chi connectivity index (χ0n) is 16.7. The van der Waals surface area contributed by atoms with E-state index in [1.807, 2.05) is 0 Å². The van der Waals surface area contributed by atoms with Crippen molar-refractivity contribution in [3.8, 4) is 11.3 Å². The second-order valence-corrected chi connectivity index (χ2v) is 8.18. The number of thiazole rings is 1. The number of halogens is 1. The molecular weight excluding hydrogens is 421 g/mol. The van der Waals surface area contributed by atoms with Gasteiger partial charge in [0.1, 0.15) is 5.82 Å². The average Bonchev–Trinajstić information content (AvgIpc) is 3.15. The molecule has 1 unspecified atom stereocenters. The van der Waals surface area contributed by atoms with Crippen molar-refractivity contribution in [1.29, 1.82) is 0 Å². The number of nitrogens with zero attached hydrogens (tertiary/aromatic N) is 1. The number of anilines is 2. The van der Waals surface area contributed by atoms with Crippen LogP contribution in [0.1, 0.15) is 29.8 Å². The van der Waals surface area contributed by atoms with Gasteiger partial charge >= 0.3 is 5.97 Å². The SMILES string of the molecule is CC(=O)Nc1ccc(-c2csc(NC(=O)C3(C)Cc4ccccc4C(=O)O3)n2)c(F)c1. The van der Waals surface area contributed by atoms with Gasteiger partial charge in [0.15, 0.2) is 10.7 Å². The molecule has 1 aliphatic rings. The summed E-state index contributed by atoms with van der Waals surface area (Å²) < 4.78 is 19.9. The zero-order chi connectivity index (χ0) is 22.2. The van der Waals surface area contributed by atoms with E-state index in [9.17, 15) is 18.8 Å². The predicted molar refractivity (Wildman–Crippen MR) is 114 cm³/mol. The summed E-state index contributed by atoms with van der Waals surface area (Å²) >= 11 is 1.13. The van der Waals surface area contributed by atoms with Crippen LogP contribution in [0.2, 0.25) is 0 Å². The van der Waals surface area contributed by atoms with E-state index >= 15 is 0 Å². The minimum absolute atomic E-state index is 0.232. The van der Waals surface area contributed by atoms with Gasteiger partial charge in [-0.3, -0.25) is 14.9 Å². The minimum atomic E-state index is -1.39. The third-order valence-electron chi connectivity index (χ3n) is 4.85. The van der Waals surface area contributed by atoms with Crippen LogP contribution < -0.4 is 10.6 Å². The summed E-state index contributed by atoms with van der Waals surface area (Å²) in [6.45, 7) is 2.88. The van der Waals surface area contributed by atoms with Crippen LogP contribution in [0.4, 0.5) is 15.2 Å². The number of fused-ring (bicyclic) bond motifs is 1. The topological polar surface area (TPSA) is 97.4 Å². The van der Waals surface area contributed by atoms with Crippen LogP contribution >= 0.6 is 11.3 Å². The maximum Gasteiger partial charge on any atom is 0.339 e. The summed E-state index contributed by atoms with van der Waals surface area (Å²) in [6.07, 6.45) is 0.234. The Hall–Kier alpha value is -3.59. The fourth-order valence-corrected chi connectivity index (χ4v) is 4.05. The van der Waals surface area contributed by atoms with Crippen LogP contribution in [0.5, 0.6) is 0 Å². The molecule has 31 heavy (non-hydrogen) atoms. The van der Waals surface area contributed by atoms with E-state index in [4.69, 9.17) is 4.74 Å². The number of cyclic esters (lactones) is 1. The van der Waals surface area contributed by atoms with Gasteiger partial charge < -0.3 is 10.1 Å². The highest BCUT2D eigenvalue weighted by Gasteiger charge is 2.42. The molecule has 0 aliphatic carbocycles. The van der Waals surface area contributed by atoms with Gasteiger partial charge in [-0.25, -0.2) is 14.2 Å². The van der Waals surface area contributed by atoms with E-state index in [2.05, 4.69) is 15.6 Å². The second-order valence-electron chi connectivity index (χ2n) is 7.32. The highest BCUT2D eigenvalue weighted by Crippen LogP contribution is 2.32. The molecule has 158 valence electrons. The molecule has 0 saturated carbocycles. The van der Waals surface area contributed by atoms with Crippen molar-refractivity contribution in [2.75, 3.05) is 10.6 Å². The molecule has 2 N–H and O–H groups in total. The Morgan fingerprint density at radius 2 is 1.94 bits per heavy atom. The van der Waals surface area contributed by atoms with Crippen molar-refractivity contribution in [3.05, 3.63) is 64.8 Å². The van der Waals surface area contributed by atoms with Crippen LogP contribution in [-0.2, 0) is 20.7 Å². The van der Waals surface area contributed by atoms with Gasteiger partial charge in [-0.1, -0.05) is 18.2 Å². The number of benzene rings is 2. The second kappa shape index (κ2) is 7.92. The van der Waals surface area contributed by atoms with Gasteiger partial charge in [-0.15, -0.1) is 11.3 Å². The lowest BCUT2D eigenvalue weighted by Crippen LogP contribution is -2.48. The number of aromatic nitrogens is 1. The largest absolute Gasteiger partial charge is 0.445 e. The molecule has 2 heterocycles. The molecule has 1 atom stereocenters. The normalized spacial score (nSPS) is 17.5. The maximum absolute atomic E-state index is 14.5. The Balaban J connectivity index is 1.51. The Morgan fingerprint density at radius 1 is 1.16 bits per heavy atom. The summed E-state index contributed by atoms with van der Waals surface area (Å²) in [5.41, 5.74) is 0.700. The van der Waals surface area contributed by atoms with Crippen LogP contribution in [0.15, 0.2) is 47.8 Å². The van der Waals surface area contributed by atoms with Gasteiger partial charge in [0.05, 0.1) is 11.3 Å². The fourth-order valence-electron chi connectivity index (χ4n) is 3.35. The smallest absolute Gasteiger partial charge is 0.339 e. The molecule has 9 heteroatoms. The van der Waals surface area contributed by atoms with Gasteiger partial charge in [0.25, 0.3) is 5.91 Å². The van der Waals surface area contributed by atoms with Crippen LogP contribution in [0, 0.1) is 5.82 Å². The molecule has 1 aliphatic heterocycles. The number of hydrogen-bond acceptors (Lipinski definition) is 6. The van der Waals surface area contributed by atoms with Crippen molar-refractivity contribution < 1.29 is 23.5 Å². The van der Waals surface area contributed by atoms with Crippen molar-refractivity contribution in [2.24, 2.45) is 0 Å². The Morgan fingerprint density at radius 3 is 2.68 bits per heavy atom. The fraction of sp³-hybridized carbons (Fsp3) is 0.182.